The van der Waals surface area contributed by atoms with Crippen molar-refractivity contribution in [2.75, 3.05) is 0 Å². The summed E-state index contributed by atoms with van der Waals surface area (Å²) in [7, 11) is 0. The predicted molar refractivity (Wildman–Crippen MR) is 87.7 cm³/mol. The normalized spacial score (nSPS) is 12.7. The number of halogens is 1. The molecule has 0 saturated carbocycles. The largest absolute Gasteiger partial charge is 0.361 e. The molecule has 0 aliphatic heterocycles. The fraction of sp³-hybridized carbons (Fsp3) is 0.176. The van der Waals surface area contributed by atoms with Crippen LogP contribution in [0, 0.1) is 0 Å². The van der Waals surface area contributed by atoms with Crippen LogP contribution in [0.5, 0.6) is 0 Å². The Morgan fingerprint density at radius 3 is 2.85 bits per heavy atom. The van der Waals surface area contributed by atoms with Crippen molar-refractivity contribution < 1.29 is 0 Å². The Balaban J connectivity index is 1.71. The van der Waals surface area contributed by atoms with Crippen LogP contribution in [0.4, 0.5) is 0 Å². The maximum Gasteiger partial charge on any atom is 0.0457 e. The SMILES string of the molecule is CC(NCc1ccc2cc[nH]c2c1)c1ccccc1Br. The summed E-state index contributed by atoms with van der Waals surface area (Å²) in [5, 5.41) is 4.83. The molecule has 102 valence electrons. The number of aromatic nitrogens is 1. The molecule has 1 heterocycles. The summed E-state index contributed by atoms with van der Waals surface area (Å²) < 4.78 is 1.15. The summed E-state index contributed by atoms with van der Waals surface area (Å²) in [4.78, 5) is 3.25. The minimum absolute atomic E-state index is 0.310. The van der Waals surface area contributed by atoms with Crippen LogP contribution in [0.25, 0.3) is 10.9 Å². The lowest BCUT2D eigenvalue weighted by Crippen LogP contribution is -2.18. The molecular formula is C17H17BrN2. The van der Waals surface area contributed by atoms with Crippen molar-refractivity contribution in [2.24, 2.45) is 0 Å². The van der Waals surface area contributed by atoms with Gasteiger partial charge in [-0.15, -0.1) is 0 Å². The number of hydrogen-bond donors (Lipinski definition) is 2. The van der Waals surface area contributed by atoms with Crippen molar-refractivity contribution in [1.29, 1.82) is 0 Å². The second-order valence-corrected chi connectivity index (χ2v) is 5.88. The molecule has 2 nitrogen and oxygen atoms in total. The quantitative estimate of drug-likeness (QED) is 0.708. The van der Waals surface area contributed by atoms with Gasteiger partial charge in [-0.1, -0.05) is 46.3 Å². The first kappa shape index (κ1) is 13.4. The molecule has 1 aromatic heterocycles. The molecule has 0 spiro atoms. The highest BCUT2D eigenvalue weighted by Gasteiger charge is 2.08. The lowest BCUT2D eigenvalue weighted by atomic mass is 10.1. The second kappa shape index (κ2) is 5.81. The average molecular weight is 329 g/mol. The Morgan fingerprint density at radius 1 is 1.15 bits per heavy atom. The van der Waals surface area contributed by atoms with Crippen molar-refractivity contribution in [2.45, 2.75) is 19.5 Å². The van der Waals surface area contributed by atoms with Crippen LogP contribution in [0.15, 0.2) is 59.2 Å². The van der Waals surface area contributed by atoms with Gasteiger partial charge in [0.15, 0.2) is 0 Å². The summed E-state index contributed by atoms with van der Waals surface area (Å²) >= 11 is 3.61. The molecule has 2 aromatic carbocycles. The van der Waals surface area contributed by atoms with E-state index in [0.717, 1.165) is 11.0 Å². The molecule has 0 amide bonds. The van der Waals surface area contributed by atoms with Crippen molar-refractivity contribution in [1.82, 2.24) is 10.3 Å². The van der Waals surface area contributed by atoms with E-state index in [1.54, 1.807) is 0 Å². The van der Waals surface area contributed by atoms with Crippen molar-refractivity contribution in [3.05, 3.63) is 70.3 Å². The predicted octanol–water partition coefficient (Wildman–Crippen LogP) is 4.78. The highest BCUT2D eigenvalue weighted by molar-refractivity contribution is 9.10. The van der Waals surface area contributed by atoms with Crippen LogP contribution >= 0.6 is 15.9 Å². The van der Waals surface area contributed by atoms with Crippen LogP contribution in [-0.2, 0) is 6.54 Å². The molecule has 0 saturated heterocycles. The Kier molecular flexibility index (Phi) is 3.90. The van der Waals surface area contributed by atoms with Gasteiger partial charge < -0.3 is 10.3 Å². The Hall–Kier alpha value is -1.58. The van der Waals surface area contributed by atoms with Gasteiger partial charge in [-0.05, 0) is 41.6 Å². The Bertz CT molecular complexity index is 718. The van der Waals surface area contributed by atoms with E-state index in [2.05, 4.69) is 75.6 Å². The summed E-state index contributed by atoms with van der Waals surface area (Å²) in [6, 6.07) is 17.3. The number of fused-ring (bicyclic) bond motifs is 1. The molecule has 1 atom stereocenters. The number of H-pyrrole nitrogens is 1. The molecule has 3 heteroatoms. The van der Waals surface area contributed by atoms with Crippen LogP contribution in [0.2, 0.25) is 0 Å². The van der Waals surface area contributed by atoms with Gasteiger partial charge in [0.25, 0.3) is 0 Å². The maximum absolute atomic E-state index is 3.61. The third-order valence-corrected chi connectivity index (χ3v) is 4.33. The minimum Gasteiger partial charge on any atom is -0.361 e. The zero-order valence-electron chi connectivity index (χ0n) is 11.4. The van der Waals surface area contributed by atoms with E-state index < -0.39 is 0 Å². The zero-order chi connectivity index (χ0) is 13.9. The van der Waals surface area contributed by atoms with E-state index in [4.69, 9.17) is 0 Å². The molecule has 0 aliphatic carbocycles. The molecule has 0 aliphatic rings. The summed E-state index contributed by atoms with van der Waals surface area (Å²) in [6.45, 7) is 3.05. The number of benzene rings is 2. The monoisotopic (exact) mass is 328 g/mol. The third-order valence-electron chi connectivity index (χ3n) is 3.60. The molecule has 0 bridgehead atoms. The lowest BCUT2D eigenvalue weighted by Gasteiger charge is -2.16. The molecule has 3 aromatic rings. The van der Waals surface area contributed by atoms with Gasteiger partial charge in [-0.2, -0.15) is 0 Å². The number of aromatic amines is 1. The van der Waals surface area contributed by atoms with E-state index >= 15 is 0 Å². The van der Waals surface area contributed by atoms with Crippen molar-refractivity contribution in [3.8, 4) is 0 Å². The van der Waals surface area contributed by atoms with Crippen LogP contribution in [0.1, 0.15) is 24.1 Å². The number of nitrogens with one attached hydrogen (secondary N) is 2. The molecule has 3 rings (SSSR count). The fourth-order valence-corrected chi connectivity index (χ4v) is 3.04. The summed E-state index contributed by atoms with van der Waals surface area (Å²) in [5.41, 5.74) is 3.77. The zero-order valence-corrected chi connectivity index (χ0v) is 12.9. The van der Waals surface area contributed by atoms with Crippen LogP contribution in [-0.4, -0.2) is 4.98 Å². The lowest BCUT2D eigenvalue weighted by molar-refractivity contribution is 0.573. The van der Waals surface area contributed by atoms with E-state index in [9.17, 15) is 0 Å². The van der Waals surface area contributed by atoms with Crippen molar-refractivity contribution in [3.63, 3.8) is 0 Å². The van der Waals surface area contributed by atoms with Crippen molar-refractivity contribution >= 4 is 26.8 Å². The first-order chi connectivity index (χ1) is 9.74. The van der Waals surface area contributed by atoms with E-state index in [1.165, 1.54) is 22.0 Å². The van der Waals surface area contributed by atoms with Gasteiger partial charge in [0, 0.05) is 28.8 Å². The topological polar surface area (TPSA) is 27.8 Å². The van der Waals surface area contributed by atoms with Gasteiger partial charge in [0.2, 0.25) is 0 Å². The average Bonchev–Trinajstić information content (AvgIpc) is 2.92. The molecule has 20 heavy (non-hydrogen) atoms. The molecule has 1 unspecified atom stereocenters. The van der Waals surface area contributed by atoms with Gasteiger partial charge in [-0.25, -0.2) is 0 Å². The summed E-state index contributed by atoms with van der Waals surface area (Å²) in [5.74, 6) is 0. The standard InChI is InChI=1S/C17H17BrN2/c1-12(15-4-2-3-5-16(15)18)20-11-13-6-7-14-8-9-19-17(14)10-13/h2-10,12,19-20H,11H2,1H3. The molecule has 0 fully saturated rings. The highest BCUT2D eigenvalue weighted by Crippen LogP contribution is 2.23. The number of hydrogen-bond acceptors (Lipinski definition) is 1. The third kappa shape index (κ3) is 2.79. The molecule has 0 radical (unpaired) electrons. The van der Waals surface area contributed by atoms with Crippen LogP contribution in [0.3, 0.4) is 0 Å². The fourth-order valence-electron chi connectivity index (χ4n) is 2.41. The molecular weight excluding hydrogens is 312 g/mol. The first-order valence-corrected chi connectivity index (χ1v) is 7.57. The van der Waals surface area contributed by atoms with Gasteiger partial charge in [0.05, 0.1) is 0 Å². The number of rotatable bonds is 4. The first-order valence-electron chi connectivity index (χ1n) is 6.78. The van der Waals surface area contributed by atoms with E-state index in [-0.39, 0.29) is 0 Å². The van der Waals surface area contributed by atoms with Crippen LogP contribution < -0.4 is 5.32 Å². The highest BCUT2D eigenvalue weighted by atomic mass is 79.9. The van der Waals surface area contributed by atoms with Gasteiger partial charge in [0.1, 0.15) is 0 Å². The summed E-state index contributed by atoms with van der Waals surface area (Å²) in [6.07, 6.45) is 1.98. The molecule has 2 N–H and O–H groups in total. The maximum atomic E-state index is 3.61. The van der Waals surface area contributed by atoms with Gasteiger partial charge in [-0.3, -0.25) is 0 Å². The minimum atomic E-state index is 0.310. The Morgan fingerprint density at radius 2 is 2.00 bits per heavy atom. The smallest absolute Gasteiger partial charge is 0.0457 e. The van der Waals surface area contributed by atoms with E-state index in [0.29, 0.717) is 6.04 Å². The Labute approximate surface area is 127 Å². The van der Waals surface area contributed by atoms with Gasteiger partial charge >= 0.3 is 0 Å². The van der Waals surface area contributed by atoms with E-state index in [1.807, 2.05) is 12.3 Å². The second-order valence-electron chi connectivity index (χ2n) is 5.02.